The highest BCUT2D eigenvalue weighted by Crippen LogP contribution is 2.51. The van der Waals surface area contributed by atoms with Gasteiger partial charge in [-0.2, -0.15) is 0 Å². The molecule has 0 radical (unpaired) electrons. The average molecular weight is 449 g/mol. The van der Waals surface area contributed by atoms with E-state index in [1.165, 1.54) is 0 Å². The largest absolute Gasteiger partial charge is 0.507 e. The molecule has 6 rings (SSSR count). The Morgan fingerprint density at radius 1 is 0.529 bits per heavy atom. The monoisotopic (exact) mass is 448 g/mol. The molecule has 0 saturated carbocycles. The first-order valence-electron chi connectivity index (χ1n) is 11.7. The molecule has 0 bridgehead atoms. The fraction of sp³-hybridized carbons (Fsp3) is 0.200. The van der Waals surface area contributed by atoms with Crippen LogP contribution in [0.2, 0.25) is 0 Å². The summed E-state index contributed by atoms with van der Waals surface area (Å²) in [6.45, 7) is 12.3. The summed E-state index contributed by atoms with van der Waals surface area (Å²) < 4.78 is 0. The molecule has 2 aromatic heterocycles. The second-order valence-corrected chi connectivity index (χ2v) is 9.80. The van der Waals surface area contributed by atoms with E-state index < -0.39 is 0 Å². The summed E-state index contributed by atoms with van der Waals surface area (Å²) in [4.78, 5) is 7.03. The van der Waals surface area contributed by atoms with Crippen molar-refractivity contribution < 1.29 is 10.2 Å². The van der Waals surface area contributed by atoms with Crippen LogP contribution >= 0.6 is 0 Å². The third kappa shape index (κ3) is 2.54. The maximum atomic E-state index is 11.7. The number of aryl methyl sites for hydroxylation is 4. The molecule has 6 aromatic rings. The van der Waals surface area contributed by atoms with Crippen LogP contribution in [0.4, 0.5) is 0 Å². The summed E-state index contributed by atoms with van der Waals surface area (Å²) in [6, 6.07) is 12.5. The van der Waals surface area contributed by atoms with Crippen molar-refractivity contribution in [1.29, 1.82) is 0 Å². The van der Waals surface area contributed by atoms with Crippen LogP contribution in [0.15, 0.2) is 36.4 Å². The number of aromatic amines is 2. The smallest absolute Gasteiger partial charge is 0.133 e. The van der Waals surface area contributed by atoms with Gasteiger partial charge < -0.3 is 20.2 Å². The van der Waals surface area contributed by atoms with E-state index in [1.54, 1.807) is 0 Å². The number of benzene rings is 4. The second-order valence-electron chi connectivity index (χ2n) is 9.80. The highest BCUT2D eigenvalue weighted by atomic mass is 16.3. The molecule has 4 heteroatoms. The van der Waals surface area contributed by atoms with Crippen LogP contribution in [0.1, 0.15) is 33.4 Å². The average Bonchev–Trinajstić information content (AvgIpc) is 3.36. The highest BCUT2D eigenvalue weighted by molar-refractivity contribution is 6.18. The summed E-state index contributed by atoms with van der Waals surface area (Å²) in [5, 5.41) is 27.1. The van der Waals surface area contributed by atoms with Crippen molar-refractivity contribution in [2.45, 2.75) is 41.5 Å². The lowest BCUT2D eigenvalue weighted by atomic mass is 9.87. The molecule has 4 aromatic carbocycles. The van der Waals surface area contributed by atoms with E-state index in [0.717, 1.165) is 77.0 Å². The van der Waals surface area contributed by atoms with Crippen molar-refractivity contribution in [1.82, 2.24) is 9.97 Å². The van der Waals surface area contributed by atoms with Crippen molar-refractivity contribution >= 4 is 43.6 Å². The van der Waals surface area contributed by atoms with Gasteiger partial charge in [-0.15, -0.1) is 0 Å². The molecule has 0 spiro atoms. The molecule has 0 amide bonds. The maximum absolute atomic E-state index is 11.7. The third-order valence-electron chi connectivity index (χ3n) is 7.73. The van der Waals surface area contributed by atoms with Gasteiger partial charge in [0, 0.05) is 32.9 Å². The Hall–Kier alpha value is -3.92. The van der Waals surface area contributed by atoms with E-state index in [1.807, 2.05) is 13.8 Å². The van der Waals surface area contributed by atoms with E-state index in [9.17, 15) is 10.2 Å². The van der Waals surface area contributed by atoms with Crippen LogP contribution in [0.25, 0.3) is 54.7 Å². The topological polar surface area (TPSA) is 72.0 Å². The first kappa shape index (κ1) is 20.7. The van der Waals surface area contributed by atoms with Gasteiger partial charge in [-0.05, 0) is 87.1 Å². The summed E-state index contributed by atoms with van der Waals surface area (Å²) in [5.74, 6) is 0.419. The van der Waals surface area contributed by atoms with E-state index in [0.29, 0.717) is 11.1 Å². The van der Waals surface area contributed by atoms with Crippen molar-refractivity contribution in [2.24, 2.45) is 0 Å². The Bertz CT molecular complexity index is 1700. The lowest BCUT2D eigenvalue weighted by molar-refractivity contribution is 0.475. The molecule has 0 unspecified atom stereocenters. The lowest BCUT2D eigenvalue weighted by Crippen LogP contribution is -1.96. The summed E-state index contributed by atoms with van der Waals surface area (Å²) in [6.07, 6.45) is 0. The normalized spacial score (nSPS) is 12.1. The first-order valence-corrected chi connectivity index (χ1v) is 11.7. The SMILES string of the molecule is Cc1ccc2c(c1)[nH]c1c(C)c(C)c(-c3c(C)c(C)c4[nH]c5cc(C)ccc5c4c3O)c(O)c12. The first-order chi connectivity index (χ1) is 16.2. The van der Waals surface area contributed by atoms with Crippen LogP contribution in [-0.2, 0) is 0 Å². The number of aromatic hydroxyl groups is 2. The fourth-order valence-corrected chi connectivity index (χ4v) is 5.64. The van der Waals surface area contributed by atoms with Gasteiger partial charge in [0.05, 0.1) is 21.8 Å². The van der Waals surface area contributed by atoms with Crippen LogP contribution in [0, 0.1) is 41.5 Å². The number of phenols is 2. The molecule has 0 atom stereocenters. The van der Waals surface area contributed by atoms with Gasteiger partial charge in [0.25, 0.3) is 0 Å². The molecule has 0 aliphatic carbocycles. The molecule has 0 fully saturated rings. The molecule has 0 saturated heterocycles. The van der Waals surface area contributed by atoms with Gasteiger partial charge in [-0.3, -0.25) is 0 Å². The zero-order chi connectivity index (χ0) is 24.0. The summed E-state index contributed by atoms with van der Waals surface area (Å²) in [5.41, 5.74) is 11.7. The van der Waals surface area contributed by atoms with Crippen LogP contribution in [0.3, 0.4) is 0 Å². The number of hydrogen-bond donors (Lipinski definition) is 4. The standard InChI is InChI=1S/C30H28N2O2/c1-13-7-9-19-21(11-13)31-27-17(5)15(3)23(29(33)25(19)27)24-16(4)18(6)28-26(30(24)34)20-10-8-14(2)12-22(20)32-28/h7-12,31-34H,1-6H3. The second kappa shape index (κ2) is 6.80. The van der Waals surface area contributed by atoms with Gasteiger partial charge in [0.1, 0.15) is 11.5 Å². The van der Waals surface area contributed by atoms with Crippen molar-refractivity contribution in [2.75, 3.05) is 0 Å². The number of rotatable bonds is 1. The zero-order valence-electron chi connectivity index (χ0n) is 20.4. The molecular formula is C30H28N2O2. The minimum atomic E-state index is 0.209. The number of aromatic nitrogens is 2. The molecular weight excluding hydrogens is 420 g/mol. The van der Waals surface area contributed by atoms with E-state index in [4.69, 9.17) is 0 Å². The Morgan fingerprint density at radius 2 is 0.912 bits per heavy atom. The van der Waals surface area contributed by atoms with Crippen molar-refractivity contribution in [3.05, 3.63) is 69.8 Å². The fourth-order valence-electron chi connectivity index (χ4n) is 5.64. The number of phenolic OH excluding ortho intramolecular Hbond substituents is 2. The van der Waals surface area contributed by atoms with Crippen molar-refractivity contribution in [3.8, 4) is 22.6 Å². The Morgan fingerprint density at radius 3 is 1.29 bits per heavy atom. The van der Waals surface area contributed by atoms with Crippen LogP contribution < -0.4 is 0 Å². The molecule has 0 aliphatic heterocycles. The molecule has 0 aliphatic rings. The quantitative estimate of drug-likeness (QED) is 0.206. The number of H-pyrrole nitrogens is 2. The predicted octanol–water partition coefficient (Wildman–Crippen LogP) is 7.88. The van der Waals surface area contributed by atoms with Gasteiger partial charge in [-0.1, -0.05) is 24.3 Å². The summed E-state index contributed by atoms with van der Waals surface area (Å²) in [7, 11) is 0. The maximum Gasteiger partial charge on any atom is 0.133 e. The summed E-state index contributed by atoms with van der Waals surface area (Å²) >= 11 is 0. The highest BCUT2D eigenvalue weighted by Gasteiger charge is 2.26. The zero-order valence-corrected chi connectivity index (χ0v) is 20.4. The molecule has 4 nitrogen and oxygen atoms in total. The predicted molar refractivity (Wildman–Crippen MR) is 142 cm³/mol. The molecule has 34 heavy (non-hydrogen) atoms. The number of hydrogen-bond acceptors (Lipinski definition) is 2. The van der Waals surface area contributed by atoms with Gasteiger partial charge in [-0.25, -0.2) is 0 Å². The van der Waals surface area contributed by atoms with Gasteiger partial charge in [0.2, 0.25) is 0 Å². The van der Waals surface area contributed by atoms with E-state index >= 15 is 0 Å². The Labute approximate surface area is 197 Å². The van der Waals surface area contributed by atoms with Crippen molar-refractivity contribution in [3.63, 3.8) is 0 Å². The van der Waals surface area contributed by atoms with Gasteiger partial charge in [0.15, 0.2) is 0 Å². The van der Waals surface area contributed by atoms with Crippen LogP contribution in [0.5, 0.6) is 11.5 Å². The lowest BCUT2D eigenvalue weighted by Gasteiger charge is -2.19. The Balaban J connectivity index is 1.80. The third-order valence-corrected chi connectivity index (χ3v) is 7.73. The van der Waals surface area contributed by atoms with Crippen LogP contribution in [-0.4, -0.2) is 20.2 Å². The minimum Gasteiger partial charge on any atom is -0.507 e. The van der Waals surface area contributed by atoms with E-state index in [-0.39, 0.29) is 11.5 Å². The minimum absolute atomic E-state index is 0.209. The van der Waals surface area contributed by atoms with E-state index in [2.05, 4.69) is 74.1 Å². The molecule has 2 heterocycles. The molecule has 4 N–H and O–H groups in total. The number of fused-ring (bicyclic) bond motifs is 6. The molecule has 170 valence electrons. The number of nitrogens with one attached hydrogen (secondary N) is 2. The Kier molecular flexibility index (Phi) is 4.13. The van der Waals surface area contributed by atoms with Gasteiger partial charge >= 0.3 is 0 Å².